The molecule has 0 spiro atoms. The topological polar surface area (TPSA) is 0 Å². The van der Waals surface area contributed by atoms with Crippen LogP contribution in [0, 0.1) is 17.8 Å². The van der Waals surface area contributed by atoms with Gasteiger partial charge in [-0.25, -0.2) is 0 Å². The first-order chi connectivity index (χ1) is 3.12. The summed E-state index contributed by atoms with van der Waals surface area (Å²) >= 11 is 0. The molecule has 0 aliphatic heterocycles. The van der Waals surface area contributed by atoms with E-state index in [1.807, 2.05) is 13.8 Å². The standard InChI is InChI=1S/C7H11/c1-5-7(3,4)6-2/h5H2,1,3-4H3/q-1. The summed E-state index contributed by atoms with van der Waals surface area (Å²) < 4.78 is 0. The second kappa shape index (κ2) is 2.02. The van der Waals surface area contributed by atoms with Gasteiger partial charge in [0, 0.05) is 0 Å². The average molecular weight is 95.2 g/mol. The lowest BCUT2D eigenvalue weighted by atomic mass is 9.92. The van der Waals surface area contributed by atoms with Crippen molar-refractivity contribution in [2.75, 3.05) is 0 Å². The monoisotopic (exact) mass is 95.1 g/mol. The van der Waals surface area contributed by atoms with Crippen molar-refractivity contribution in [3.05, 3.63) is 6.42 Å². The molecule has 0 bridgehead atoms. The van der Waals surface area contributed by atoms with Crippen LogP contribution >= 0.6 is 0 Å². The molecule has 0 rings (SSSR count). The Morgan fingerprint density at radius 1 is 1.57 bits per heavy atom. The van der Waals surface area contributed by atoms with Gasteiger partial charge in [0.05, 0.1) is 0 Å². The molecular weight excluding hydrogens is 84.1 g/mol. The van der Waals surface area contributed by atoms with E-state index in [9.17, 15) is 0 Å². The minimum Gasteiger partial charge on any atom is -0.693 e. The second-order valence-corrected chi connectivity index (χ2v) is 2.36. The van der Waals surface area contributed by atoms with Crippen LogP contribution in [0.3, 0.4) is 0 Å². The zero-order chi connectivity index (χ0) is 5.91. The van der Waals surface area contributed by atoms with Crippen molar-refractivity contribution in [1.82, 2.24) is 0 Å². The molecule has 0 saturated heterocycles. The molecule has 0 heterocycles. The predicted octanol–water partition coefficient (Wildman–Crippen LogP) is 2.01. The van der Waals surface area contributed by atoms with E-state index in [-0.39, 0.29) is 5.41 Å². The van der Waals surface area contributed by atoms with Crippen LogP contribution in [0.25, 0.3) is 0 Å². The molecule has 0 fully saturated rings. The smallest absolute Gasteiger partial charge is 0.0141 e. The molecule has 0 saturated carbocycles. The van der Waals surface area contributed by atoms with Gasteiger partial charge in [-0.15, -0.1) is 0 Å². The Bertz CT molecular complexity index is 82.7. The Hall–Kier alpha value is -0.440. The van der Waals surface area contributed by atoms with E-state index in [0.717, 1.165) is 6.42 Å². The molecule has 0 aromatic heterocycles. The highest BCUT2D eigenvalue weighted by molar-refractivity contribution is 4.93. The van der Waals surface area contributed by atoms with Gasteiger partial charge in [0.25, 0.3) is 0 Å². The minimum absolute atomic E-state index is 0. The Labute approximate surface area is 45.9 Å². The largest absolute Gasteiger partial charge is 0.693 e. The van der Waals surface area contributed by atoms with Crippen LogP contribution in [0.5, 0.6) is 0 Å². The first-order valence-corrected chi connectivity index (χ1v) is 2.56. The van der Waals surface area contributed by atoms with Crippen molar-refractivity contribution in [1.29, 1.82) is 0 Å². The van der Waals surface area contributed by atoms with Crippen molar-refractivity contribution in [3.63, 3.8) is 0 Å². The van der Waals surface area contributed by atoms with Gasteiger partial charge < -0.3 is 12.3 Å². The molecule has 0 aromatic carbocycles. The SMILES string of the molecule is [C-]#CC(C)(C)CC. The number of rotatable bonds is 1. The lowest BCUT2D eigenvalue weighted by molar-refractivity contribution is 0.484. The van der Waals surface area contributed by atoms with E-state index in [2.05, 4.69) is 12.8 Å². The second-order valence-electron chi connectivity index (χ2n) is 2.36. The van der Waals surface area contributed by atoms with Crippen molar-refractivity contribution in [2.45, 2.75) is 27.2 Å². The van der Waals surface area contributed by atoms with Crippen LogP contribution in [-0.2, 0) is 0 Å². The highest BCUT2D eigenvalue weighted by Crippen LogP contribution is 2.16. The molecular formula is C7H11-. The fourth-order valence-corrected chi connectivity index (χ4v) is 0.0884. The molecule has 0 nitrogen and oxygen atoms in total. The first-order valence-electron chi connectivity index (χ1n) is 2.56. The van der Waals surface area contributed by atoms with Gasteiger partial charge in [0.2, 0.25) is 0 Å². The molecule has 0 unspecified atom stereocenters. The summed E-state index contributed by atoms with van der Waals surface area (Å²) in [5, 5.41) is 0. The first kappa shape index (κ1) is 6.56. The van der Waals surface area contributed by atoms with E-state index < -0.39 is 0 Å². The summed E-state index contributed by atoms with van der Waals surface area (Å²) in [6, 6.07) is 0. The quantitative estimate of drug-likeness (QED) is 0.345. The van der Waals surface area contributed by atoms with E-state index >= 15 is 0 Å². The third kappa shape index (κ3) is 2.28. The Kier molecular flexibility index (Phi) is 1.90. The highest BCUT2D eigenvalue weighted by Gasteiger charge is 2.03. The van der Waals surface area contributed by atoms with Crippen molar-refractivity contribution < 1.29 is 0 Å². The lowest BCUT2D eigenvalue weighted by Gasteiger charge is -2.18. The van der Waals surface area contributed by atoms with Gasteiger partial charge in [0.1, 0.15) is 0 Å². The highest BCUT2D eigenvalue weighted by atomic mass is 14.1. The maximum atomic E-state index is 6.76. The molecule has 0 heteroatoms. The predicted molar refractivity (Wildman–Crippen MR) is 31.2 cm³/mol. The van der Waals surface area contributed by atoms with E-state index in [1.165, 1.54) is 0 Å². The van der Waals surface area contributed by atoms with E-state index in [1.54, 1.807) is 0 Å². The summed E-state index contributed by atoms with van der Waals surface area (Å²) in [6.07, 6.45) is 7.75. The summed E-state index contributed by atoms with van der Waals surface area (Å²) in [5.41, 5.74) is 0. The van der Waals surface area contributed by atoms with Crippen LogP contribution in [-0.4, -0.2) is 0 Å². The number of hydrogen-bond acceptors (Lipinski definition) is 0. The molecule has 0 aliphatic rings. The van der Waals surface area contributed by atoms with E-state index in [4.69, 9.17) is 6.42 Å². The Morgan fingerprint density at radius 3 is 2.00 bits per heavy atom. The third-order valence-electron chi connectivity index (χ3n) is 1.22. The molecule has 0 amide bonds. The lowest BCUT2D eigenvalue weighted by Crippen LogP contribution is -2.03. The normalized spacial score (nSPS) is 10.6. The van der Waals surface area contributed by atoms with Crippen LogP contribution in [0.1, 0.15) is 27.2 Å². The van der Waals surface area contributed by atoms with Crippen LogP contribution in [0.2, 0.25) is 0 Å². The van der Waals surface area contributed by atoms with Crippen LogP contribution in [0.4, 0.5) is 0 Å². The van der Waals surface area contributed by atoms with Crippen molar-refractivity contribution >= 4 is 0 Å². The molecule has 0 aromatic rings. The van der Waals surface area contributed by atoms with Gasteiger partial charge >= 0.3 is 0 Å². The molecule has 0 atom stereocenters. The zero-order valence-electron chi connectivity index (χ0n) is 5.21. The van der Waals surface area contributed by atoms with Gasteiger partial charge in [-0.1, -0.05) is 20.8 Å². The summed E-state index contributed by atoms with van der Waals surface area (Å²) in [4.78, 5) is 0. The van der Waals surface area contributed by atoms with Gasteiger partial charge in [-0.3, -0.25) is 0 Å². The van der Waals surface area contributed by atoms with Gasteiger partial charge in [-0.2, -0.15) is 0 Å². The van der Waals surface area contributed by atoms with Crippen molar-refractivity contribution in [2.24, 2.45) is 5.41 Å². The van der Waals surface area contributed by atoms with Crippen molar-refractivity contribution in [3.8, 4) is 5.92 Å². The van der Waals surface area contributed by atoms with Crippen LogP contribution < -0.4 is 0 Å². The fourth-order valence-electron chi connectivity index (χ4n) is 0.0884. The van der Waals surface area contributed by atoms with E-state index in [0.29, 0.717) is 0 Å². The van der Waals surface area contributed by atoms with Crippen LogP contribution in [0.15, 0.2) is 0 Å². The summed E-state index contributed by atoms with van der Waals surface area (Å²) in [6.45, 7) is 6.06. The molecule has 40 valence electrons. The van der Waals surface area contributed by atoms with Gasteiger partial charge in [-0.05, 0) is 11.8 Å². The fraction of sp³-hybridized carbons (Fsp3) is 0.714. The molecule has 0 aliphatic carbocycles. The Balaban J connectivity index is 3.66. The third-order valence-corrected chi connectivity index (χ3v) is 1.22. The van der Waals surface area contributed by atoms with Gasteiger partial charge in [0.15, 0.2) is 0 Å². The summed E-state index contributed by atoms with van der Waals surface area (Å²) in [7, 11) is 0. The minimum atomic E-state index is 0. The zero-order valence-corrected chi connectivity index (χ0v) is 5.21. The Morgan fingerprint density at radius 2 is 2.00 bits per heavy atom. The molecule has 7 heavy (non-hydrogen) atoms. The molecule has 0 N–H and O–H groups in total. The average Bonchev–Trinajstić information content (AvgIpc) is 1.68. The summed E-state index contributed by atoms with van der Waals surface area (Å²) in [5.74, 6) is 2.44. The molecule has 0 radical (unpaired) electrons. The number of hydrogen-bond donors (Lipinski definition) is 0. The maximum Gasteiger partial charge on any atom is -0.0141 e. The maximum absolute atomic E-state index is 6.76.